The predicted molar refractivity (Wildman–Crippen MR) is 67.2 cm³/mol. The standard InChI is InChI=1S/C12H10BrFOS/c1-7-2-3-16-12(7)11(15)8-4-9(13)6-10(14)5-8/h2-6,11,15H,1H3. The largest absolute Gasteiger partial charge is 0.383 e. The molecule has 0 aliphatic heterocycles. The first kappa shape index (κ1) is 11.8. The van der Waals surface area contributed by atoms with Gasteiger partial charge in [0.25, 0.3) is 0 Å². The maximum Gasteiger partial charge on any atom is 0.124 e. The van der Waals surface area contributed by atoms with Crippen LogP contribution in [0.3, 0.4) is 0 Å². The first-order chi connectivity index (χ1) is 7.58. The van der Waals surface area contributed by atoms with Crippen molar-refractivity contribution in [1.82, 2.24) is 0 Å². The number of aryl methyl sites for hydroxylation is 1. The number of rotatable bonds is 2. The number of thiophene rings is 1. The molecule has 16 heavy (non-hydrogen) atoms. The molecule has 1 aromatic heterocycles. The summed E-state index contributed by atoms with van der Waals surface area (Å²) < 4.78 is 13.8. The average molecular weight is 301 g/mol. The Morgan fingerprint density at radius 1 is 1.38 bits per heavy atom. The van der Waals surface area contributed by atoms with Gasteiger partial charge in [-0.1, -0.05) is 15.9 Å². The zero-order valence-corrected chi connectivity index (χ0v) is 11.0. The van der Waals surface area contributed by atoms with Gasteiger partial charge in [0, 0.05) is 9.35 Å². The molecule has 0 fully saturated rings. The number of hydrogen-bond acceptors (Lipinski definition) is 2. The minimum Gasteiger partial charge on any atom is -0.383 e. The Morgan fingerprint density at radius 3 is 2.69 bits per heavy atom. The lowest BCUT2D eigenvalue weighted by atomic mass is 10.1. The van der Waals surface area contributed by atoms with Crippen LogP contribution >= 0.6 is 27.3 Å². The van der Waals surface area contributed by atoms with Crippen LogP contribution in [-0.2, 0) is 0 Å². The van der Waals surface area contributed by atoms with Crippen molar-refractivity contribution in [2.75, 3.05) is 0 Å². The van der Waals surface area contributed by atoms with Crippen LogP contribution in [0.2, 0.25) is 0 Å². The maximum atomic E-state index is 13.2. The molecule has 84 valence electrons. The fourth-order valence-corrected chi connectivity index (χ4v) is 2.97. The van der Waals surface area contributed by atoms with Crippen LogP contribution < -0.4 is 0 Å². The summed E-state index contributed by atoms with van der Waals surface area (Å²) in [6, 6.07) is 6.40. The van der Waals surface area contributed by atoms with Gasteiger partial charge >= 0.3 is 0 Å². The molecule has 2 aromatic rings. The van der Waals surface area contributed by atoms with Crippen molar-refractivity contribution in [2.45, 2.75) is 13.0 Å². The SMILES string of the molecule is Cc1ccsc1C(O)c1cc(F)cc(Br)c1. The summed E-state index contributed by atoms with van der Waals surface area (Å²) in [6.45, 7) is 1.93. The van der Waals surface area contributed by atoms with E-state index in [2.05, 4.69) is 15.9 Å². The lowest BCUT2D eigenvalue weighted by molar-refractivity contribution is 0.223. The summed E-state index contributed by atoms with van der Waals surface area (Å²) in [6.07, 6.45) is -0.757. The Morgan fingerprint density at radius 2 is 2.12 bits per heavy atom. The molecule has 0 aliphatic rings. The van der Waals surface area contributed by atoms with Gasteiger partial charge in [0.2, 0.25) is 0 Å². The van der Waals surface area contributed by atoms with E-state index in [9.17, 15) is 9.50 Å². The van der Waals surface area contributed by atoms with E-state index in [0.717, 1.165) is 10.4 Å². The second kappa shape index (κ2) is 4.65. The molecule has 0 saturated carbocycles. The smallest absolute Gasteiger partial charge is 0.124 e. The number of aliphatic hydroxyl groups excluding tert-OH is 1. The van der Waals surface area contributed by atoms with E-state index in [4.69, 9.17) is 0 Å². The van der Waals surface area contributed by atoms with Gasteiger partial charge in [0.1, 0.15) is 11.9 Å². The summed E-state index contributed by atoms with van der Waals surface area (Å²) in [5.74, 6) is -0.349. The van der Waals surface area contributed by atoms with Crippen molar-refractivity contribution in [3.8, 4) is 0 Å². The van der Waals surface area contributed by atoms with Gasteiger partial charge in [0.05, 0.1) is 0 Å². The number of hydrogen-bond donors (Lipinski definition) is 1. The Hall–Kier alpha value is -0.710. The van der Waals surface area contributed by atoms with Crippen molar-refractivity contribution >= 4 is 27.3 Å². The van der Waals surface area contributed by atoms with Gasteiger partial charge in [0.15, 0.2) is 0 Å². The molecule has 0 saturated heterocycles. The van der Waals surface area contributed by atoms with Crippen LogP contribution in [0.1, 0.15) is 22.1 Å². The molecule has 4 heteroatoms. The van der Waals surface area contributed by atoms with Crippen LogP contribution in [0.5, 0.6) is 0 Å². The molecule has 0 amide bonds. The number of aliphatic hydroxyl groups is 1. The predicted octanol–water partition coefficient (Wildman–Crippen LogP) is 4.04. The first-order valence-electron chi connectivity index (χ1n) is 4.76. The lowest BCUT2D eigenvalue weighted by Crippen LogP contribution is -1.99. The van der Waals surface area contributed by atoms with E-state index >= 15 is 0 Å². The van der Waals surface area contributed by atoms with Gasteiger partial charge in [-0.25, -0.2) is 4.39 Å². The molecule has 1 unspecified atom stereocenters. The van der Waals surface area contributed by atoms with E-state index in [-0.39, 0.29) is 5.82 Å². The van der Waals surface area contributed by atoms with Crippen LogP contribution in [0.15, 0.2) is 34.1 Å². The molecule has 0 radical (unpaired) electrons. The minimum absolute atomic E-state index is 0.349. The van der Waals surface area contributed by atoms with Crippen LogP contribution in [-0.4, -0.2) is 5.11 Å². The van der Waals surface area contributed by atoms with Gasteiger partial charge in [-0.3, -0.25) is 0 Å². The molecule has 1 heterocycles. The van der Waals surface area contributed by atoms with Crippen molar-refractivity contribution in [1.29, 1.82) is 0 Å². The Kier molecular flexibility index (Phi) is 3.42. The third-order valence-electron chi connectivity index (χ3n) is 2.35. The highest BCUT2D eigenvalue weighted by Gasteiger charge is 2.15. The summed E-state index contributed by atoms with van der Waals surface area (Å²) in [5.41, 5.74) is 1.59. The van der Waals surface area contributed by atoms with Crippen molar-refractivity contribution in [3.05, 3.63) is 55.9 Å². The zero-order chi connectivity index (χ0) is 11.7. The van der Waals surface area contributed by atoms with Crippen LogP contribution in [0, 0.1) is 12.7 Å². The summed E-state index contributed by atoms with van der Waals surface area (Å²) in [5, 5.41) is 12.1. The summed E-state index contributed by atoms with van der Waals surface area (Å²) in [7, 11) is 0. The Balaban J connectivity index is 2.41. The fourth-order valence-electron chi connectivity index (χ4n) is 1.55. The van der Waals surface area contributed by atoms with Gasteiger partial charge in [-0.05, 0) is 47.7 Å². The van der Waals surface area contributed by atoms with Crippen molar-refractivity contribution in [3.63, 3.8) is 0 Å². The molecule has 1 N–H and O–H groups in total. The van der Waals surface area contributed by atoms with E-state index < -0.39 is 6.10 Å². The summed E-state index contributed by atoms with van der Waals surface area (Å²) >= 11 is 4.69. The third kappa shape index (κ3) is 2.34. The highest BCUT2D eigenvalue weighted by Crippen LogP contribution is 2.30. The minimum atomic E-state index is -0.757. The van der Waals surface area contributed by atoms with Crippen LogP contribution in [0.25, 0.3) is 0 Å². The molecule has 2 rings (SSSR count). The average Bonchev–Trinajstić information content (AvgIpc) is 2.62. The van der Waals surface area contributed by atoms with Crippen molar-refractivity contribution < 1.29 is 9.50 Å². The van der Waals surface area contributed by atoms with E-state index in [1.807, 2.05) is 18.4 Å². The van der Waals surface area contributed by atoms with E-state index in [0.29, 0.717) is 10.0 Å². The van der Waals surface area contributed by atoms with E-state index in [1.165, 1.54) is 23.5 Å². The molecule has 1 atom stereocenters. The first-order valence-corrected chi connectivity index (χ1v) is 6.43. The Labute approximate surface area is 106 Å². The fraction of sp³-hybridized carbons (Fsp3) is 0.167. The summed E-state index contributed by atoms with van der Waals surface area (Å²) in [4.78, 5) is 0.859. The lowest BCUT2D eigenvalue weighted by Gasteiger charge is -2.11. The maximum absolute atomic E-state index is 13.2. The topological polar surface area (TPSA) is 20.2 Å². The zero-order valence-electron chi connectivity index (χ0n) is 8.58. The molecule has 0 spiro atoms. The second-order valence-electron chi connectivity index (χ2n) is 3.57. The van der Waals surface area contributed by atoms with Gasteiger partial charge in [-0.2, -0.15) is 0 Å². The molecule has 0 bridgehead atoms. The molecule has 1 aromatic carbocycles. The van der Waals surface area contributed by atoms with E-state index in [1.54, 1.807) is 6.07 Å². The second-order valence-corrected chi connectivity index (χ2v) is 5.44. The number of benzene rings is 1. The quantitative estimate of drug-likeness (QED) is 0.887. The third-order valence-corrected chi connectivity index (χ3v) is 3.88. The highest BCUT2D eigenvalue weighted by molar-refractivity contribution is 9.10. The van der Waals surface area contributed by atoms with Gasteiger partial charge in [-0.15, -0.1) is 11.3 Å². The number of halogens is 2. The molecule has 1 nitrogen and oxygen atoms in total. The molecule has 0 aliphatic carbocycles. The Bertz CT molecular complexity index is 489. The van der Waals surface area contributed by atoms with Gasteiger partial charge < -0.3 is 5.11 Å². The molecular weight excluding hydrogens is 291 g/mol. The molecular formula is C12H10BrFOS. The van der Waals surface area contributed by atoms with Crippen molar-refractivity contribution in [2.24, 2.45) is 0 Å². The van der Waals surface area contributed by atoms with Crippen LogP contribution in [0.4, 0.5) is 4.39 Å². The normalized spacial score (nSPS) is 12.8. The monoisotopic (exact) mass is 300 g/mol. The highest BCUT2D eigenvalue weighted by atomic mass is 79.9.